The van der Waals surface area contributed by atoms with Crippen LogP contribution >= 0.6 is 11.3 Å². The largest absolute Gasteiger partial charge is 0.478 e. The van der Waals surface area contributed by atoms with Crippen LogP contribution in [0.2, 0.25) is 0 Å². The first-order valence-electron chi connectivity index (χ1n) is 5.19. The van der Waals surface area contributed by atoms with E-state index in [-0.39, 0.29) is 0 Å². The van der Waals surface area contributed by atoms with Crippen molar-refractivity contribution in [2.24, 2.45) is 0 Å². The Kier molecular flexibility index (Phi) is 2.12. The van der Waals surface area contributed by atoms with E-state index in [0.29, 0.717) is 10.9 Å². The summed E-state index contributed by atoms with van der Waals surface area (Å²) in [6, 6.07) is 9.24. The zero-order valence-electron chi connectivity index (χ0n) is 9.10. The van der Waals surface area contributed by atoms with Crippen molar-refractivity contribution < 1.29 is 9.90 Å². The summed E-state index contributed by atoms with van der Waals surface area (Å²) in [5.41, 5.74) is 1.09. The highest BCUT2D eigenvalue weighted by atomic mass is 32.1. The van der Waals surface area contributed by atoms with Gasteiger partial charge in [-0.2, -0.15) is 0 Å². The lowest BCUT2D eigenvalue weighted by molar-refractivity contribution is 0.0701. The Morgan fingerprint density at radius 3 is 2.82 bits per heavy atom. The van der Waals surface area contributed by atoms with Crippen LogP contribution in [0.5, 0.6) is 0 Å². The summed E-state index contributed by atoms with van der Waals surface area (Å²) in [6.45, 7) is 1.96. The molecule has 3 nitrogen and oxygen atoms in total. The lowest BCUT2D eigenvalue weighted by atomic mass is 10.1. The van der Waals surface area contributed by atoms with E-state index in [4.69, 9.17) is 0 Å². The van der Waals surface area contributed by atoms with E-state index in [0.717, 1.165) is 20.6 Å². The molecular weight excluding hydrogens is 234 g/mol. The second-order valence-electron chi connectivity index (χ2n) is 3.88. The van der Waals surface area contributed by atoms with Crippen LogP contribution in [0.4, 0.5) is 0 Å². The van der Waals surface area contributed by atoms with Gasteiger partial charge in [-0.25, -0.2) is 9.78 Å². The second kappa shape index (κ2) is 3.53. The van der Waals surface area contributed by atoms with E-state index in [9.17, 15) is 9.90 Å². The fourth-order valence-corrected chi connectivity index (χ4v) is 2.93. The number of carboxylic acid groups (broad SMARTS) is 1. The Morgan fingerprint density at radius 2 is 2.06 bits per heavy atom. The standard InChI is InChI=1S/C13H9NO2S/c1-7-6-9-11(13(15)16)8-4-2-3-5-10(8)14-12(9)17-7/h2-6H,1H3,(H,15,16). The zero-order chi connectivity index (χ0) is 12.0. The topological polar surface area (TPSA) is 50.2 Å². The molecule has 0 saturated heterocycles. The first kappa shape index (κ1) is 10.2. The number of nitrogens with zero attached hydrogens (tertiary/aromatic N) is 1. The number of aromatic carboxylic acids is 1. The normalized spacial score (nSPS) is 11.1. The van der Waals surface area contributed by atoms with Gasteiger partial charge in [-0.15, -0.1) is 11.3 Å². The summed E-state index contributed by atoms with van der Waals surface area (Å²) in [5.74, 6) is -0.897. The number of carbonyl (C=O) groups is 1. The maximum Gasteiger partial charge on any atom is 0.337 e. The summed E-state index contributed by atoms with van der Waals surface area (Å²) in [4.78, 5) is 17.8. The molecule has 1 aromatic carbocycles. The fourth-order valence-electron chi connectivity index (χ4n) is 2.03. The van der Waals surface area contributed by atoms with E-state index in [2.05, 4.69) is 4.98 Å². The number of thiophene rings is 1. The van der Waals surface area contributed by atoms with E-state index in [1.165, 1.54) is 11.3 Å². The van der Waals surface area contributed by atoms with Crippen LogP contribution in [0.3, 0.4) is 0 Å². The molecule has 2 heterocycles. The van der Waals surface area contributed by atoms with Gasteiger partial charge >= 0.3 is 5.97 Å². The van der Waals surface area contributed by atoms with Crippen molar-refractivity contribution in [1.29, 1.82) is 0 Å². The van der Waals surface area contributed by atoms with Crippen molar-refractivity contribution in [3.05, 3.63) is 40.8 Å². The number of carboxylic acids is 1. The van der Waals surface area contributed by atoms with Gasteiger partial charge in [0.15, 0.2) is 0 Å². The van der Waals surface area contributed by atoms with Crippen molar-refractivity contribution >= 4 is 38.4 Å². The predicted molar refractivity (Wildman–Crippen MR) is 68.8 cm³/mol. The van der Waals surface area contributed by atoms with Gasteiger partial charge in [0, 0.05) is 15.6 Å². The first-order valence-corrected chi connectivity index (χ1v) is 6.00. The fraction of sp³-hybridized carbons (Fsp3) is 0.0769. The number of benzene rings is 1. The molecule has 0 radical (unpaired) electrons. The average molecular weight is 243 g/mol. The molecule has 0 atom stereocenters. The molecule has 0 spiro atoms. The number of aryl methyl sites for hydroxylation is 1. The van der Waals surface area contributed by atoms with Crippen LogP contribution in [-0.2, 0) is 0 Å². The molecule has 84 valence electrons. The van der Waals surface area contributed by atoms with E-state index in [1.54, 1.807) is 6.07 Å². The molecule has 2 aromatic heterocycles. The Morgan fingerprint density at radius 1 is 1.29 bits per heavy atom. The highest BCUT2D eigenvalue weighted by Crippen LogP contribution is 2.31. The zero-order valence-corrected chi connectivity index (χ0v) is 9.91. The van der Waals surface area contributed by atoms with Gasteiger partial charge in [0.25, 0.3) is 0 Å². The Labute approximate surface area is 101 Å². The van der Waals surface area contributed by atoms with Gasteiger partial charge < -0.3 is 5.11 Å². The highest BCUT2D eigenvalue weighted by Gasteiger charge is 2.16. The number of rotatable bonds is 1. The van der Waals surface area contributed by atoms with Crippen molar-refractivity contribution in [3.8, 4) is 0 Å². The van der Waals surface area contributed by atoms with Crippen LogP contribution in [0.15, 0.2) is 30.3 Å². The van der Waals surface area contributed by atoms with Crippen LogP contribution < -0.4 is 0 Å². The molecule has 0 fully saturated rings. The minimum atomic E-state index is -0.897. The summed E-state index contributed by atoms with van der Waals surface area (Å²) < 4.78 is 0. The first-order chi connectivity index (χ1) is 8.16. The molecule has 0 aliphatic heterocycles. The maximum atomic E-state index is 11.4. The van der Waals surface area contributed by atoms with Crippen molar-refractivity contribution in [1.82, 2.24) is 4.98 Å². The number of pyridine rings is 1. The Bertz CT molecular complexity index is 746. The van der Waals surface area contributed by atoms with E-state index < -0.39 is 5.97 Å². The molecule has 0 amide bonds. The molecule has 0 unspecified atom stereocenters. The third-order valence-corrected chi connectivity index (χ3v) is 3.66. The minimum Gasteiger partial charge on any atom is -0.478 e. The Hall–Kier alpha value is -1.94. The summed E-state index contributed by atoms with van der Waals surface area (Å²) >= 11 is 1.52. The van der Waals surface area contributed by atoms with Gasteiger partial charge in [-0.3, -0.25) is 0 Å². The molecule has 0 aliphatic carbocycles. The third-order valence-electron chi connectivity index (χ3n) is 2.71. The number of hydrogen-bond acceptors (Lipinski definition) is 3. The summed E-state index contributed by atoms with van der Waals surface area (Å²) in [7, 11) is 0. The van der Waals surface area contributed by atoms with Crippen LogP contribution in [0.1, 0.15) is 15.2 Å². The van der Waals surface area contributed by atoms with Gasteiger partial charge in [0.2, 0.25) is 0 Å². The molecule has 1 N–H and O–H groups in total. The van der Waals surface area contributed by atoms with Crippen LogP contribution in [-0.4, -0.2) is 16.1 Å². The SMILES string of the molecule is Cc1cc2c(C(=O)O)c3ccccc3nc2s1. The monoisotopic (exact) mass is 243 g/mol. The van der Waals surface area contributed by atoms with Crippen molar-refractivity contribution in [3.63, 3.8) is 0 Å². The molecule has 0 aliphatic rings. The van der Waals surface area contributed by atoms with Crippen LogP contribution in [0.25, 0.3) is 21.1 Å². The summed E-state index contributed by atoms with van der Waals surface area (Å²) in [5, 5.41) is 10.8. The highest BCUT2D eigenvalue weighted by molar-refractivity contribution is 7.18. The molecule has 17 heavy (non-hydrogen) atoms. The molecule has 0 saturated carbocycles. The second-order valence-corrected chi connectivity index (χ2v) is 5.12. The molecule has 4 heteroatoms. The quantitative estimate of drug-likeness (QED) is 0.712. The lowest BCUT2D eigenvalue weighted by Gasteiger charge is -2.03. The Balaban J connectivity index is 2.60. The molecule has 3 rings (SSSR count). The van der Waals surface area contributed by atoms with Gasteiger partial charge in [0.05, 0.1) is 11.1 Å². The number of aromatic nitrogens is 1. The van der Waals surface area contributed by atoms with Gasteiger partial charge in [-0.1, -0.05) is 18.2 Å². The molecule has 0 bridgehead atoms. The minimum absolute atomic E-state index is 0.356. The lowest BCUT2D eigenvalue weighted by Crippen LogP contribution is -1.99. The average Bonchev–Trinajstić information content (AvgIpc) is 2.64. The van der Waals surface area contributed by atoms with Crippen LogP contribution in [0, 0.1) is 6.92 Å². The smallest absolute Gasteiger partial charge is 0.337 e. The predicted octanol–water partition coefficient (Wildman–Crippen LogP) is 3.46. The molecular formula is C13H9NO2S. The number of hydrogen-bond donors (Lipinski definition) is 1. The maximum absolute atomic E-state index is 11.4. The molecule has 3 aromatic rings. The van der Waals surface area contributed by atoms with Crippen molar-refractivity contribution in [2.75, 3.05) is 0 Å². The number of para-hydroxylation sites is 1. The van der Waals surface area contributed by atoms with Gasteiger partial charge in [-0.05, 0) is 19.1 Å². The number of fused-ring (bicyclic) bond motifs is 2. The van der Waals surface area contributed by atoms with E-state index >= 15 is 0 Å². The van der Waals surface area contributed by atoms with Gasteiger partial charge in [0.1, 0.15) is 4.83 Å². The van der Waals surface area contributed by atoms with E-state index in [1.807, 2.05) is 31.2 Å². The van der Waals surface area contributed by atoms with Crippen molar-refractivity contribution in [2.45, 2.75) is 6.92 Å². The third kappa shape index (κ3) is 1.49. The summed E-state index contributed by atoms with van der Waals surface area (Å²) in [6.07, 6.45) is 0.